The van der Waals surface area contributed by atoms with Gasteiger partial charge in [-0.1, -0.05) is 29.8 Å². The number of nitrogens with zero attached hydrogens (tertiary/aromatic N) is 6. The van der Waals surface area contributed by atoms with E-state index in [1.165, 1.54) is 10.6 Å². The Morgan fingerprint density at radius 3 is 2.39 bits per heavy atom. The van der Waals surface area contributed by atoms with Gasteiger partial charge in [0.1, 0.15) is 16.3 Å². The van der Waals surface area contributed by atoms with Crippen molar-refractivity contribution in [1.29, 1.82) is 0 Å². The number of aryl methyl sites for hydroxylation is 2. The first-order valence-corrected chi connectivity index (χ1v) is 14.3. The molecular formula is C25H27N7O4S2. The third kappa shape index (κ3) is 5.17. The normalized spacial score (nSPS) is 14.6. The van der Waals surface area contributed by atoms with Gasteiger partial charge in [-0.25, -0.2) is 23.4 Å². The number of hydrogen-bond acceptors (Lipinski definition) is 9. The molecule has 11 nitrogen and oxygen atoms in total. The average Bonchev–Trinajstić information content (AvgIpc) is 3.28. The van der Waals surface area contributed by atoms with Gasteiger partial charge >= 0.3 is 0 Å². The van der Waals surface area contributed by atoms with Gasteiger partial charge in [0.2, 0.25) is 21.9 Å². The van der Waals surface area contributed by atoms with E-state index in [-0.39, 0.29) is 35.8 Å². The highest BCUT2D eigenvalue weighted by molar-refractivity contribution is 7.89. The van der Waals surface area contributed by atoms with Crippen LogP contribution in [0.4, 0.5) is 5.95 Å². The van der Waals surface area contributed by atoms with Crippen molar-refractivity contribution >= 4 is 43.4 Å². The third-order valence-electron chi connectivity index (χ3n) is 6.40. The molecule has 0 unspecified atom stereocenters. The standard InChI is InChI=1S/C25H27N7O4S2/c1-17-4-6-19(7-5-17)14-28-20(33)15-31-16-29-23-21(24(31)34)22(18(2)37-23)38(35,36)32-12-10-30(11-13-32)25-26-8-3-9-27-25/h3-9,16H,10-15H2,1-2H3,(H,28,33). The summed E-state index contributed by atoms with van der Waals surface area (Å²) in [5.41, 5.74) is 1.50. The number of thiophene rings is 1. The molecule has 0 atom stereocenters. The molecule has 4 heterocycles. The minimum atomic E-state index is -3.98. The van der Waals surface area contributed by atoms with Gasteiger partial charge in [0.05, 0.1) is 11.7 Å². The van der Waals surface area contributed by atoms with E-state index in [0.29, 0.717) is 35.3 Å². The highest BCUT2D eigenvalue weighted by Gasteiger charge is 2.34. The van der Waals surface area contributed by atoms with Crippen LogP contribution in [0.3, 0.4) is 0 Å². The van der Waals surface area contributed by atoms with E-state index in [2.05, 4.69) is 20.3 Å². The minimum Gasteiger partial charge on any atom is -0.350 e. The number of carbonyl (C=O) groups is 1. The number of anilines is 1. The number of benzene rings is 1. The highest BCUT2D eigenvalue weighted by atomic mass is 32.2. The Morgan fingerprint density at radius 1 is 1.03 bits per heavy atom. The molecule has 5 rings (SSSR count). The maximum Gasteiger partial charge on any atom is 0.263 e. The average molecular weight is 554 g/mol. The molecular weight excluding hydrogens is 526 g/mol. The van der Waals surface area contributed by atoms with E-state index in [0.717, 1.165) is 27.0 Å². The number of amides is 1. The van der Waals surface area contributed by atoms with Crippen molar-refractivity contribution in [2.75, 3.05) is 31.1 Å². The number of piperazine rings is 1. The Morgan fingerprint density at radius 2 is 1.71 bits per heavy atom. The van der Waals surface area contributed by atoms with Crippen LogP contribution >= 0.6 is 11.3 Å². The number of sulfonamides is 1. The van der Waals surface area contributed by atoms with Crippen molar-refractivity contribution in [3.63, 3.8) is 0 Å². The van der Waals surface area contributed by atoms with Crippen molar-refractivity contribution in [2.24, 2.45) is 0 Å². The van der Waals surface area contributed by atoms with Crippen LogP contribution < -0.4 is 15.8 Å². The Kier molecular flexibility index (Phi) is 7.23. The summed E-state index contributed by atoms with van der Waals surface area (Å²) in [6.07, 6.45) is 4.58. The molecule has 0 radical (unpaired) electrons. The number of nitrogens with one attached hydrogen (secondary N) is 1. The molecule has 1 aliphatic rings. The monoisotopic (exact) mass is 553 g/mol. The number of carbonyl (C=O) groups excluding carboxylic acids is 1. The van der Waals surface area contributed by atoms with Crippen LogP contribution in [-0.2, 0) is 27.9 Å². The predicted octanol–water partition coefficient (Wildman–Crippen LogP) is 1.69. The summed E-state index contributed by atoms with van der Waals surface area (Å²) >= 11 is 1.16. The summed E-state index contributed by atoms with van der Waals surface area (Å²) in [6, 6.07) is 9.49. The first-order chi connectivity index (χ1) is 18.2. The fourth-order valence-corrected chi connectivity index (χ4v) is 7.45. The quantitative estimate of drug-likeness (QED) is 0.366. The molecule has 38 heavy (non-hydrogen) atoms. The van der Waals surface area contributed by atoms with Gasteiger partial charge in [0.15, 0.2) is 0 Å². The van der Waals surface area contributed by atoms with Gasteiger partial charge in [-0.05, 0) is 25.5 Å². The second-order valence-corrected chi connectivity index (χ2v) is 12.1. The Bertz CT molecular complexity index is 1630. The topological polar surface area (TPSA) is 130 Å². The molecule has 1 aliphatic heterocycles. The van der Waals surface area contributed by atoms with E-state index in [9.17, 15) is 18.0 Å². The lowest BCUT2D eigenvalue weighted by Crippen LogP contribution is -2.49. The van der Waals surface area contributed by atoms with Gasteiger partial charge in [-0.15, -0.1) is 11.3 Å². The lowest BCUT2D eigenvalue weighted by Gasteiger charge is -2.33. The van der Waals surface area contributed by atoms with E-state index in [1.807, 2.05) is 36.1 Å². The zero-order valence-electron chi connectivity index (χ0n) is 21.0. The molecule has 1 fully saturated rings. The SMILES string of the molecule is Cc1ccc(CNC(=O)Cn2cnc3sc(C)c(S(=O)(=O)N4CCN(c5ncccn5)CC4)c3c2=O)cc1. The maximum absolute atomic E-state index is 13.7. The van der Waals surface area contributed by atoms with Crippen LogP contribution in [0.5, 0.6) is 0 Å². The smallest absolute Gasteiger partial charge is 0.263 e. The highest BCUT2D eigenvalue weighted by Crippen LogP contribution is 2.33. The van der Waals surface area contributed by atoms with Crippen LogP contribution in [0.25, 0.3) is 10.2 Å². The van der Waals surface area contributed by atoms with Gasteiger partial charge < -0.3 is 10.2 Å². The van der Waals surface area contributed by atoms with Crippen LogP contribution in [0.2, 0.25) is 0 Å². The van der Waals surface area contributed by atoms with Gasteiger partial charge in [-0.3, -0.25) is 14.2 Å². The zero-order chi connectivity index (χ0) is 26.9. The summed E-state index contributed by atoms with van der Waals surface area (Å²) in [7, 11) is -3.98. The number of rotatable bonds is 7. The third-order valence-corrected chi connectivity index (χ3v) is 9.61. The van der Waals surface area contributed by atoms with Crippen LogP contribution in [0.15, 0.2) is 58.7 Å². The molecule has 0 bridgehead atoms. The van der Waals surface area contributed by atoms with Crippen molar-refractivity contribution in [1.82, 2.24) is 29.1 Å². The Hall–Kier alpha value is -3.68. The second kappa shape index (κ2) is 10.6. The molecule has 13 heteroatoms. The summed E-state index contributed by atoms with van der Waals surface area (Å²) in [6.45, 7) is 5.02. The summed E-state index contributed by atoms with van der Waals surface area (Å²) < 4.78 is 30.0. The molecule has 0 aliphatic carbocycles. The fraction of sp³-hybridized carbons (Fsp3) is 0.320. The molecule has 198 valence electrons. The zero-order valence-corrected chi connectivity index (χ0v) is 22.6. The van der Waals surface area contributed by atoms with Crippen molar-refractivity contribution < 1.29 is 13.2 Å². The second-order valence-electron chi connectivity index (χ2n) is 9.05. The molecule has 3 aromatic heterocycles. The lowest BCUT2D eigenvalue weighted by atomic mass is 10.1. The summed E-state index contributed by atoms with van der Waals surface area (Å²) in [5.74, 6) is 0.180. The van der Waals surface area contributed by atoms with Gasteiger partial charge in [0, 0.05) is 50.0 Å². The van der Waals surface area contributed by atoms with Gasteiger partial charge in [-0.2, -0.15) is 4.31 Å². The first kappa shape index (κ1) is 25.9. The van der Waals surface area contributed by atoms with Gasteiger partial charge in [0.25, 0.3) is 5.56 Å². The number of aromatic nitrogens is 4. The first-order valence-electron chi connectivity index (χ1n) is 12.1. The maximum atomic E-state index is 13.7. The van der Waals surface area contributed by atoms with E-state index in [1.54, 1.807) is 25.4 Å². The molecule has 0 saturated carbocycles. The summed E-state index contributed by atoms with van der Waals surface area (Å²) in [4.78, 5) is 41.5. The molecule has 0 spiro atoms. The minimum absolute atomic E-state index is 0.0233. The van der Waals surface area contributed by atoms with Crippen LogP contribution in [0.1, 0.15) is 16.0 Å². The Balaban J connectivity index is 1.36. The molecule has 1 saturated heterocycles. The van der Waals surface area contributed by atoms with E-state index < -0.39 is 15.6 Å². The molecule has 1 N–H and O–H groups in total. The Labute approximate surface area is 223 Å². The predicted molar refractivity (Wildman–Crippen MR) is 145 cm³/mol. The van der Waals surface area contributed by atoms with Crippen LogP contribution in [-0.4, -0.2) is 64.3 Å². The van der Waals surface area contributed by atoms with Crippen molar-refractivity contribution in [2.45, 2.75) is 31.8 Å². The van der Waals surface area contributed by atoms with Crippen molar-refractivity contribution in [3.8, 4) is 0 Å². The lowest BCUT2D eigenvalue weighted by molar-refractivity contribution is -0.121. The van der Waals surface area contributed by atoms with E-state index >= 15 is 0 Å². The largest absolute Gasteiger partial charge is 0.350 e. The van der Waals surface area contributed by atoms with E-state index in [4.69, 9.17) is 0 Å². The number of hydrogen-bond donors (Lipinski definition) is 1. The molecule has 4 aromatic rings. The number of fused-ring (bicyclic) bond motifs is 1. The molecule has 1 aromatic carbocycles. The fourth-order valence-electron chi connectivity index (χ4n) is 4.37. The summed E-state index contributed by atoms with van der Waals surface area (Å²) in [5, 5.41) is 2.82. The molecule has 1 amide bonds. The van der Waals surface area contributed by atoms with Crippen molar-refractivity contribution in [3.05, 3.63) is 75.4 Å². The van der Waals surface area contributed by atoms with Crippen LogP contribution in [0, 0.1) is 13.8 Å².